The molecule has 0 spiro atoms. The van der Waals surface area contributed by atoms with E-state index in [1.54, 1.807) is 0 Å². The molecule has 2 heterocycles. The predicted octanol–water partition coefficient (Wildman–Crippen LogP) is 5.74. The second-order valence-electron chi connectivity index (χ2n) is 8.48. The molecule has 2 aromatic heterocycles. The number of aromatic nitrogens is 1. The van der Waals surface area contributed by atoms with Crippen molar-refractivity contribution in [1.29, 1.82) is 0 Å². The summed E-state index contributed by atoms with van der Waals surface area (Å²) in [7, 11) is -1.11. The highest BCUT2D eigenvalue weighted by atomic mass is 28.3. The van der Waals surface area contributed by atoms with Crippen molar-refractivity contribution in [2.75, 3.05) is 0 Å². The molecule has 0 aliphatic carbocycles. The van der Waals surface area contributed by atoms with Crippen molar-refractivity contribution < 1.29 is 4.42 Å². The van der Waals surface area contributed by atoms with Gasteiger partial charge in [-0.05, 0) is 60.7 Å². The quantitative estimate of drug-likeness (QED) is 0.277. The van der Waals surface area contributed by atoms with E-state index in [1.807, 2.05) is 12.1 Å². The molecule has 0 saturated heterocycles. The van der Waals surface area contributed by atoms with Crippen LogP contribution in [0, 0.1) is 0 Å². The number of fused-ring (bicyclic) bond motifs is 6. The number of para-hydroxylation sites is 1. The van der Waals surface area contributed by atoms with Crippen molar-refractivity contribution in [2.24, 2.45) is 0 Å². The Morgan fingerprint density at radius 2 is 1.12 bits per heavy atom. The monoisotopic (exact) mass is 438 g/mol. The van der Waals surface area contributed by atoms with Crippen LogP contribution in [0.1, 0.15) is 0 Å². The molecule has 0 radical (unpaired) electrons. The number of H-pyrrole nitrogens is 1. The van der Waals surface area contributed by atoms with Gasteiger partial charge in [-0.3, -0.25) is 0 Å². The lowest BCUT2D eigenvalue weighted by Crippen LogP contribution is -2.51. The van der Waals surface area contributed by atoms with E-state index in [-0.39, 0.29) is 0 Å². The van der Waals surface area contributed by atoms with Crippen LogP contribution < -0.4 is 15.6 Å². The lowest BCUT2D eigenvalue weighted by molar-refractivity contribution is 0.669. The molecule has 0 amide bonds. The summed E-state index contributed by atoms with van der Waals surface area (Å²) in [5.41, 5.74) is 4.18. The molecule has 1 N–H and O–H groups in total. The van der Waals surface area contributed by atoms with Crippen LogP contribution in [0.2, 0.25) is 0 Å². The third-order valence-corrected chi connectivity index (χ3v) is 9.22. The van der Waals surface area contributed by atoms with Crippen molar-refractivity contribution >= 4 is 68.1 Å². The number of nitrogens with one attached hydrogen (secondary N) is 1. The minimum Gasteiger partial charge on any atom is -0.456 e. The Balaban J connectivity index is 1.47. The number of aromatic amines is 1. The van der Waals surface area contributed by atoms with Crippen molar-refractivity contribution in [3.8, 4) is 0 Å². The molecule has 154 valence electrons. The zero-order valence-electron chi connectivity index (χ0n) is 17.9. The molecule has 0 fully saturated rings. The second kappa shape index (κ2) is 7.22. The predicted molar refractivity (Wildman–Crippen MR) is 141 cm³/mol. The van der Waals surface area contributed by atoms with E-state index in [1.165, 1.54) is 26.3 Å². The second-order valence-corrected chi connectivity index (χ2v) is 11.0. The third-order valence-electron chi connectivity index (χ3n) is 6.51. The Morgan fingerprint density at radius 3 is 1.88 bits per heavy atom. The van der Waals surface area contributed by atoms with E-state index in [9.17, 15) is 0 Å². The maximum atomic E-state index is 6.19. The highest BCUT2D eigenvalue weighted by Gasteiger charge is 2.36. The Hall–Kier alpha value is -4.08. The fourth-order valence-corrected chi connectivity index (χ4v) is 7.57. The molecule has 7 aromatic rings. The van der Waals surface area contributed by atoms with E-state index >= 15 is 0 Å². The molecule has 2 nitrogen and oxygen atoms in total. The zero-order chi connectivity index (χ0) is 21.8. The van der Waals surface area contributed by atoms with Crippen LogP contribution >= 0.6 is 0 Å². The van der Waals surface area contributed by atoms with Crippen molar-refractivity contribution in [1.82, 2.24) is 4.98 Å². The van der Waals surface area contributed by atoms with Crippen molar-refractivity contribution in [3.63, 3.8) is 0 Å². The molecule has 0 aliphatic heterocycles. The van der Waals surface area contributed by atoms with Gasteiger partial charge in [0.1, 0.15) is 26.7 Å². The molecule has 3 heteroatoms. The lowest BCUT2D eigenvalue weighted by atomic mass is 10.1. The third kappa shape index (κ3) is 2.94. The Labute approximate surface area is 192 Å². The van der Waals surface area contributed by atoms with Gasteiger partial charge in [0.15, 0.2) is 0 Å². The summed E-state index contributed by atoms with van der Waals surface area (Å²) < 4.78 is 6.19. The molecular formula is C30H20NOSi+. The molecule has 0 atom stereocenters. The first-order chi connectivity index (χ1) is 16.3. The lowest BCUT2D eigenvalue weighted by Gasteiger charge is -2.04. The maximum absolute atomic E-state index is 6.19. The smallest absolute Gasteiger partial charge is 0.428 e. The minimum atomic E-state index is -1.11. The van der Waals surface area contributed by atoms with Gasteiger partial charge in [0, 0.05) is 32.6 Å². The average Bonchev–Trinajstić information content (AvgIpc) is 3.41. The molecule has 33 heavy (non-hydrogen) atoms. The highest BCUT2D eigenvalue weighted by Crippen LogP contribution is 2.34. The topological polar surface area (TPSA) is 28.9 Å². The summed E-state index contributed by atoms with van der Waals surface area (Å²) in [6, 6.07) is 41.4. The first kappa shape index (κ1) is 18.5. The molecule has 0 aliphatic rings. The van der Waals surface area contributed by atoms with E-state index in [4.69, 9.17) is 4.42 Å². The van der Waals surface area contributed by atoms with Gasteiger partial charge < -0.3 is 9.40 Å². The molecule has 0 saturated carbocycles. The molecule has 0 bridgehead atoms. The number of rotatable bonds is 3. The number of hydrogen-bond donors (Lipinski definition) is 1. The fourth-order valence-electron chi connectivity index (χ4n) is 4.98. The summed E-state index contributed by atoms with van der Waals surface area (Å²) in [5, 5.41) is 8.95. The van der Waals surface area contributed by atoms with Crippen molar-refractivity contribution in [2.45, 2.75) is 0 Å². The standard InChI is InChI=1S/C30H20NOSi/c1-3-9-20(10-4-1)33(21-11-5-2-6-12-21)22-15-16-27-24(17-22)25-19-30-26(18-28(25)31-27)23-13-7-8-14-29(23)32-30/h1-19,31H/q+1. The van der Waals surface area contributed by atoms with Gasteiger partial charge in [-0.1, -0.05) is 54.6 Å². The normalized spacial score (nSPS) is 11.6. The maximum Gasteiger partial charge on any atom is 0.428 e. The first-order valence-electron chi connectivity index (χ1n) is 11.2. The van der Waals surface area contributed by atoms with Gasteiger partial charge in [0.05, 0.1) is 0 Å². The summed E-state index contributed by atoms with van der Waals surface area (Å²) in [6.07, 6.45) is 0. The van der Waals surface area contributed by atoms with Gasteiger partial charge >= 0.3 is 8.80 Å². The number of furan rings is 1. The van der Waals surface area contributed by atoms with Crippen LogP contribution in [0.5, 0.6) is 0 Å². The van der Waals surface area contributed by atoms with Crippen LogP contribution in [0.25, 0.3) is 43.7 Å². The van der Waals surface area contributed by atoms with Crippen LogP contribution in [0.3, 0.4) is 0 Å². The number of hydrogen-bond acceptors (Lipinski definition) is 1. The largest absolute Gasteiger partial charge is 0.456 e. The number of benzene rings is 5. The fraction of sp³-hybridized carbons (Fsp3) is 0. The summed E-state index contributed by atoms with van der Waals surface area (Å²) >= 11 is 0. The molecule has 5 aromatic carbocycles. The van der Waals surface area contributed by atoms with E-state index < -0.39 is 8.80 Å². The summed E-state index contributed by atoms with van der Waals surface area (Å²) in [6.45, 7) is 0. The zero-order valence-corrected chi connectivity index (χ0v) is 18.9. The van der Waals surface area contributed by atoms with Crippen molar-refractivity contribution in [3.05, 3.63) is 115 Å². The van der Waals surface area contributed by atoms with E-state index in [0.717, 1.165) is 33.0 Å². The van der Waals surface area contributed by atoms with Gasteiger partial charge in [-0.25, -0.2) is 0 Å². The minimum absolute atomic E-state index is 0.934. The van der Waals surface area contributed by atoms with Gasteiger partial charge in [0.25, 0.3) is 0 Å². The molecule has 0 unspecified atom stereocenters. The van der Waals surface area contributed by atoms with Crippen LogP contribution in [-0.2, 0) is 0 Å². The SMILES string of the molecule is c1ccc([Si+](c2ccccc2)c2ccc3[nH]c4cc5c(cc4c3c2)oc2ccccc25)cc1. The Kier molecular flexibility index (Phi) is 4.05. The van der Waals surface area contributed by atoms with Gasteiger partial charge in [-0.2, -0.15) is 0 Å². The van der Waals surface area contributed by atoms with Gasteiger partial charge in [0.2, 0.25) is 0 Å². The molecular weight excluding hydrogens is 418 g/mol. The average molecular weight is 439 g/mol. The Bertz CT molecular complexity index is 1720. The van der Waals surface area contributed by atoms with Crippen LogP contribution in [0.15, 0.2) is 120 Å². The molecule has 7 rings (SSSR count). The van der Waals surface area contributed by atoms with Crippen LogP contribution in [0.4, 0.5) is 0 Å². The van der Waals surface area contributed by atoms with Gasteiger partial charge in [-0.15, -0.1) is 0 Å². The summed E-state index contributed by atoms with van der Waals surface area (Å²) in [4.78, 5) is 3.64. The van der Waals surface area contributed by atoms with E-state index in [2.05, 4.69) is 108 Å². The first-order valence-corrected chi connectivity index (χ1v) is 12.7. The van der Waals surface area contributed by atoms with Crippen LogP contribution in [-0.4, -0.2) is 13.8 Å². The Morgan fingerprint density at radius 1 is 0.455 bits per heavy atom. The highest BCUT2D eigenvalue weighted by molar-refractivity contribution is 6.95. The summed E-state index contributed by atoms with van der Waals surface area (Å²) in [5.74, 6) is 0. The van der Waals surface area contributed by atoms with E-state index in [0.29, 0.717) is 0 Å².